The number of halogens is 3. The Bertz CT molecular complexity index is 973. The summed E-state index contributed by atoms with van der Waals surface area (Å²) in [5.74, 6) is 0.560. The number of rotatable bonds is 7. The molecule has 1 amide bonds. The maximum absolute atomic E-state index is 12.8. The van der Waals surface area contributed by atoms with E-state index < -0.39 is 11.7 Å². The number of alkyl halides is 3. The molecule has 0 atom stereocenters. The van der Waals surface area contributed by atoms with Gasteiger partial charge in [-0.25, -0.2) is 0 Å². The Kier molecular flexibility index (Phi) is 6.58. The van der Waals surface area contributed by atoms with Gasteiger partial charge in [-0.15, -0.1) is 10.2 Å². The van der Waals surface area contributed by atoms with Gasteiger partial charge in [-0.05, 0) is 29.8 Å². The van der Waals surface area contributed by atoms with E-state index in [0.29, 0.717) is 17.1 Å². The fourth-order valence-corrected chi connectivity index (χ4v) is 3.50. The number of hydrogen-bond acceptors (Lipinski definition) is 4. The number of thioether (sulfide) groups is 1. The zero-order valence-electron chi connectivity index (χ0n) is 15.6. The van der Waals surface area contributed by atoms with Crippen molar-refractivity contribution >= 4 is 17.7 Å². The summed E-state index contributed by atoms with van der Waals surface area (Å²) in [5.41, 5.74) is 0.557. The van der Waals surface area contributed by atoms with Crippen LogP contribution in [0.3, 0.4) is 0 Å². The summed E-state index contributed by atoms with van der Waals surface area (Å²) >= 11 is 1.23. The summed E-state index contributed by atoms with van der Waals surface area (Å²) < 4.78 is 40.2. The molecule has 9 heteroatoms. The lowest BCUT2D eigenvalue weighted by molar-refractivity contribution is -0.137. The first-order chi connectivity index (χ1) is 13.9. The molecule has 0 spiro atoms. The van der Waals surface area contributed by atoms with Crippen LogP contribution in [0.25, 0.3) is 5.69 Å². The van der Waals surface area contributed by atoms with Gasteiger partial charge in [0, 0.05) is 18.7 Å². The summed E-state index contributed by atoms with van der Waals surface area (Å²) in [5, 5.41) is 11.6. The lowest BCUT2D eigenvalue weighted by atomic mass is 10.1. The highest BCUT2D eigenvalue weighted by Gasteiger charge is 2.30. The van der Waals surface area contributed by atoms with Gasteiger partial charge in [-0.2, -0.15) is 13.2 Å². The minimum atomic E-state index is -4.41. The van der Waals surface area contributed by atoms with E-state index in [4.69, 9.17) is 0 Å². The zero-order chi connectivity index (χ0) is 20.9. The van der Waals surface area contributed by atoms with Gasteiger partial charge in [0.25, 0.3) is 0 Å². The van der Waals surface area contributed by atoms with Crippen LogP contribution < -0.4 is 5.32 Å². The third-order valence-corrected chi connectivity index (χ3v) is 5.04. The molecule has 0 aliphatic carbocycles. The zero-order valence-corrected chi connectivity index (χ0v) is 16.4. The van der Waals surface area contributed by atoms with Crippen LogP contribution in [0, 0.1) is 0 Å². The molecule has 0 fully saturated rings. The number of hydrogen-bond donors (Lipinski definition) is 1. The van der Waals surface area contributed by atoms with E-state index in [0.717, 1.165) is 23.6 Å². The van der Waals surface area contributed by atoms with Crippen LogP contribution in [0.2, 0.25) is 0 Å². The smallest absolute Gasteiger partial charge is 0.351 e. The van der Waals surface area contributed by atoms with Crippen LogP contribution in [0.15, 0.2) is 59.8 Å². The highest BCUT2D eigenvalue weighted by molar-refractivity contribution is 7.99. The first-order valence-electron chi connectivity index (χ1n) is 8.94. The molecule has 0 saturated carbocycles. The first-order valence-corrected chi connectivity index (χ1v) is 9.92. The summed E-state index contributed by atoms with van der Waals surface area (Å²) in [4.78, 5) is 12.2. The monoisotopic (exact) mass is 420 g/mol. The summed E-state index contributed by atoms with van der Waals surface area (Å²) in [6, 6.07) is 14.5. The lowest BCUT2D eigenvalue weighted by Crippen LogP contribution is -2.25. The molecule has 3 rings (SSSR count). The van der Waals surface area contributed by atoms with Gasteiger partial charge in [-0.1, -0.05) is 49.0 Å². The molecule has 2 aromatic carbocycles. The number of nitrogens with one attached hydrogen (secondary N) is 1. The van der Waals surface area contributed by atoms with Crippen molar-refractivity contribution in [1.29, 1.82) is 0 Å². The molecule has 0 aliphatic heterocycles. The fraction of sp³-hybridized carbons (Fsp3) is 0.250. The van der Waals surface area contributed by atoms with Gasteiger partial charge in [-0.3, -0.25) is 9.36 Å². The predicted octanol–water partition coefficient (Wildman–Crippen LogP) is 4.26. The molecule has 0 saturated heterocycles. The van der Waals surface area contributed by atoms with Crippen molar-refractivity contribution in [1.82, 2.24) is 20.1 Å². The topological polar surface area (TPSA) is 59.8 Å². The normalized spacial score (nSPS) is 11.4. The van der Waals surface area contributed by atoms with E-state index in [9.17, 15) is 18.0 Å². The van der Waals surface area contributed by atoms with Crippen LogP contribution in [-0.4, -0.2) is 26.4 Å². The minimum Gasteiger partial charge on any atom is -0.351 e. The highest BCUT2D eigenvalue weighted by atomic mass is 32.2. The molecule has 0 aliphatic rings. The second kappa shape index (κ2) is 9.13. The number of aryl methyl sites for hydroxylation is 1. The number of amides is 1. The van der Waals surface area contributed by atoms with E-state index >= 15 is 0 Å². The summed E-state index contributed by atoms with van der Waals surface area (Å²) in [6.45, 7) is 1.99. The van der Waals surface area contributed by atoms with Gasteiger partial charge >= 0.3 is 6.18 Å². The maximum atomic E-state index is 12.8. The molecule has 29 heavy (non-hydrogen) atoms. The van der Waals surface area contributed by atoms with Crippen LogP contribution in [-0.2, 0) is 23.9 Å². The van der Waals surface area contributed by atoms with Gasteiger partial charge in [0.15, 0.2) is 5.16 Å². The van der Waals surface area contributed by atoms with Crippen LogP contribution in [0.4, 0.5) is 13.2 Å². The fourth-order valence-electron chi connectivity index (χ4n) is 2.70. The molecular formula is C20H19F3N4OS. The quantitative estimate of drug-likeness (QED) is 0.581. The predicted molar refractivity (Wildman–Crippen MR) is 105 cm³/mol. The SMILES string of the molecule is CCc1nnc(SCC(=O)NCc2cccc(C(F)(F)F)c2)n1-c1ccccc1. The number of carbonyl (C=O) groups is 1. The van der Waals surface area contributed by atoms with Crippen molar-refractivity contribution < 1.29 is 18.0 Å². The Hall–Kier alpha value is -2.81. The number of nitrogens with zero attached hydrogens (tertiary/aromatic N) is 3. The number of para-hydroxylation sites is 1. The molecule has 152 valence electrons. The second-order valence-electron chi connectivity index (χ2n) is 6.19. The van der Waals surface area contributed by atoms with E-state index in [-0.39, 0.29) is 18.2 Å². The van der Waals surface area contributed by atoms with E-state index in [1.165, 1.54) is 17.8 Å². The highest BCUT2D eigenvalue weighted by Crippen LogP contribution is 2.29. The molecule has 0 radical (unpaired) electrons. The number of benzene rings is 2. The van der Waals surface area contributed by atoms with Crippen molar-refractivity contribution in [2.45, 2.75) is 31.2 Å². The average molecular weight is 420 g/mol. The largest absolute Gasteiger partial charge is 0.416 e. The molecule has 1 N–H and O–H groups in total. The second-order valence-corrected chi connectivity index (χ2v) is 7.13. The molecule has 3 aromatic rings. The summed E-state index contributed by atoms with van der Waals surface area (Å²) in [7, 11) is 0. The molecule has 1 aromatic heterocycles. The molecule has 0 unspecified atom stereocenters. The molecular weight excluding hydrogens is 401 g/mol. The Morgan fingerprint density at radius 3 is 2.55 bits per heavy atom. The molecule has 0 bridgehead atoms. The third kappa shape index (κ3) is 5.38. The van der Waals surface area contributed by atoms with Crippen LogP contribution in [0.5, 0.6) is 0 Å². The van der Waals surface area contributed by atoms with Gasteiger partial charge in [0.1, 0.15) is 5.82 Å². The van der Waals surface area contributed by atoms with Crippen molar-refractivity contribution in [3.63, 3.8) is 0 Å². The molecule has 1 heterocycles. The van der Waals surface area contributed by atoms with Gasteiger partial charge in [0.05, 0.1) is 11.3 Å². The third-order valence-electron chi connectivity index (χ3n) is 4.11. The number of aromatic nitrogens is 3. The summed E-state index contributed by atoms with van der Waals surface area (Å²) in [6.07, 6.45) is -3.72. The van der Waals surface area contributed by atoms with E-state index in [2.05, 4.69) is 15.5 Å². The standard InChI is InChI=1S/C20H19F3N4OS/c1-2-17-25-26-19(27(17)16-9-4-3-5-10-16)29-13-18(28)24-12-14-7-6-8-15(11-14)20(21,22)23/h3-11H,2,12-13H2,1H3,(H,24,28). The van der Waals surface area contributed by atoms with Crippen molar-refractivity contribution in [3.05, 3.63) is 71.5 Å². The van der Waals surface area contributed by atoms with Crippen LogP contribution >= 0.6 is 11.8 Å². The Morgan fingerprint density at radius 1 is 1.10 bits per heavy atom. The van der Waals surface area contributed by atoms with Crippen molar-refractivity contribution in [2.75, 3.05) is 5.75 Å². The van der Waals surface area contributed by atoms with Gasteiger partial charge < -0.3 is 5.32 Å². The van der Waals surface area contributed by atoms with Gasteiger partial charge in [0.2, 0.25) is 5.91 Å². The molecule has 5 nitrogen and oxygen atoms in total. The van der Waals surface area contributed by atoms with Crippen molar-refractivity contribution in [2.24, 2.45) is 0 Å². The average Bonchev–Trinajstić information content (AvgIpc) is 3.14. The van der Waals surface area contributed by atoms with E-state index in [1.54, 1.807) is 6.07 Å². The Morgan fingerprint density at radius 2 is 1.86 bits per heavy atom. The minimum absolute atomic E-state index is 0.0227. The first kappa shape index (κ1) is 20.9. The van der Waals surface area contributed by atoms with E-state index in [1.807, 2.05) is 41.8 Å². The lowest BCUT2D eigenvalue weighted by Gasteiger charge is -2.10. The van der Waals surface area contributed by atoms with Crippen molar-refractivity contribution in [3.8, 4) is 5.69 Å². The van der Waals surface area contributed by atoms with Crippen LogP contribution in [0.1, 0.15) is 23.9 Å². The number of carbonyl (C=O) groups excluding carboxylic acids is 1. The Balaban J connectivity index is 1.61. The maximum Gasteiger partial charge on any atom is 0.416 e. The Labute approximate surface area is 170 Å².